The van der Waals surface area contributed by atoms with E-state index < -0.39 is 5.97 Å². The Morgan fingerprint density at radius 2 is 2.12 bits per heavy atom. The highest BCUT2D eigenvalue weighted by Crippen LogP contribution is 2.29. The number of fused-ring (bicyclic) bond motifs is 1. The van der Waals surface area contributed by atoms with Gasteiger partial charge in [-0.25, -0.2) is 9.07 Å². The second kappa shape index (κ2) is 7.27. The van der Waals surface area contributed by atoms with Crippen molar-refractivity contribution < 1.29 is 19.1 Å². The maximum Gasteiger partial charge on any atom is 0.303 e. The van der Waals surface area contributed by atoms with Crippen LogP contribution in [0, 0.1) is 12.7 Å². The van der Waals surface area contributed by atoms with Crippen LogP contribution < -0.4 is 0 Å². The first kappa shape index (κ1) is 18.1. The van der Waals surface area contributed by atoms with Crippen molar-refractivity contribution in [3.63, 3.8) is 0 Å². The molecule has 7 heteroatoms. The van der Waals surface area contributed by atoms with Crippen LogP contribution in [0.3, 0.4) is 0 Å². The smallest absolute Gasteiger partial charge is 0.303 e. The summed E-state index contributed by atoms with van der Waals surface area (Å²) in [5.74, 6) is -1.50. The van der Waals surface area contributed by atoms with Crippen molar-refractivity contribution in [2.75, 3.05) is 13.6 Å². The quantitative estimate of drug-likeness (QED) is 0.860. The van der Waals surface area contributed by atoms with Gasteiger partial charge in [0.1, 0.15) is 11.5 Å². The standard InChI is InChI=1S/C19H22FN3O3/c1-12-8-9-16(14(20)11-12)23-15-6-3-5-13(15)18(21-23)19(26)22(2)10-4-7-17(24)25/h8-9,11H,3-7,10H2,1-2H3,(H,24,25). The minimum atomic E-state index is -0.883. The fourth-order valence-electron chi connectivity index (χ4n) is 3.34. The van der Waals surface area contributed by atoms with Gasteiger partial charge >= 0.3 is 5.97 Å². The highest BCUT2D eigenvalue weighted by molar-refractivity contribution is 5.94. The predicted octanol–water partition coefficient (Wildman–Crippen LogP) is 2.75. The van der Waals surface area contributed by atoms with Crippen molar-refractivity contribution in [1.82, 2.24) is 14.7 Å². The molecule has 6 nitrogen and oxygen atoms in total. The average Bonchev–Trinajstić information content (AvgIpc) is 3.16. The minimum Gasteiger partial charge on any atom is -0.481 e. The number of carbonyl (C=O) groups is 2. The summed E-state index contributed by atoms with van der Waals surface area (Å²) in [6, 6.07) is 4.96. The zero-order valence-electron chi connectivity index (χ0n) is 15.0. The summed E-state index contributed by atoms with van der Waals surface area (Å²) in [4.78, 5) is 24.9. The van der Waals surface area contributed by atoms with Crippen molar-refractivity contribution in [2.24, 2.45) is 0 Å². The Labute approximate surface area is 151 Å². The molecule has 1 aromatic carbocycles. The van der Waals surface area contributed by atoms with Crippen molar-refractivity contribution in [3.05, 3.63) is 46.5 Å². The molecule has 0 atom stereocenters. The van der Waals surface area contributed by atoms with E-state index in [4.69, 9.17) is 5.11 Å². The van der Waals surface area contributed by atoms with Gasteiger partial charge in [-0.15, -0.1) is 0 Å². The van der Waals surface area contributed by atoms with Gasteiger partial charge in [0, 0.05) is 31.3 Å². The molecule has 0 saturated carbocycles. The number of amides is 1. The van der Waals surface area contributed by atoms with Crippen LogP contribution >= 0.6 is 0 Å². The molecule has 1 heterocycles. The largest absolute Gasteiger partial charge is 0.481 e. The van der Waals surface area contributed by atoms with Crippen molar-refractivity contribution in [1.29, 1.82) is 0 Å². The van der Waals surface area contributed by atoms with Gasteiger partial charge in [-0.05, 0) is 50.3 Å². The van der Waals surface area contributed by atoms with Gasteiger partial charge in [0.25, 0.3) is 5.91 Å². The fraction of sp³-hybridized carbons (Fsp3) is 0.421. The maximum atomic E-state index is 14.4. The third kappa shape index (κ3) is 3.47. The summed E-state index contributed by atoms with van der Waals surface area (Å²) in [6.07, 6.45) is 2.80. The van der Waals surface area contributed by atoms with Crippen LogP contribution in [-0.4, -0.2) is 45.3 Å². The van der Waals surface area contributed by atoms with Crippen LogP contribution in [0.4, 0.5) is 4.39 Å². The Bertz CT molecular complexity index is 860. The van der Waals surface area contributed by atoms with Gasteiger partial charge < -0.3 is 10.0 Å². The zero-order valence-corrected chi connectivity index (χ0v) is 15.0. The van der Waals surface area contributed by atoms with Gasteiger partial charge in [-0.1, -0.05) is 6.07 Å². The molecule has 1 N–H and O–H groups in total. The Morgan fingerprint density at radius 1 is 1.35 bits per heavy atom. The lowest BCUT2D eigenvalue weighted by Crippen LogP contribution is -2.29. The normalized spacial score (nSPS) is 12.9. The molecule has 0 radical (unpaired) electrons. The maximum absolute atomic E-state index is 14.4. The van der Waals surface area contributed by atoms with Gasteiger partial charge in [-0.2, -0.15) is 5.10 Å². The number of aliphatic carboxylic acids is 1. The molecule has 0 spiro atoms. The van der Waals surface area contributed by atoms with E-state index >= 15 is 0 Å². The number of rotatable bonds is 6. The number of hydrogen-bond acceptors (Lipinski definition) is 3. The topological polar surface area (TPSA) is 75.4 Å². The number of nitrogens with zero attached hydrogens (tertiary/aromatic N) is 3. The first-order valence-corrected chi connectivity index (χ1v) is 8.73. The molecule has 0 unspecified atom stereocenters. The summed E-state index contributed by atoms with van der Waals surface area (Å²) in [6.45, 7) is 2.16. The second-order valence-corrected chi connectivity index (χ2v) is 6.72. The van der Waals surface area contributed by atoms with E-state index in [0.29, 0.717) is 24.3 Å². The molecule has 1 aliphatic carbocycles. The van der Waals surface area contributed by atoms with Crippen LogP contribution in [0.5, 0.6) is 0 Å². The molecule has 26 heavy (non-hydrogen) atoms. The van der Waals surface area contributed by atoms with Crippen LogP contribution in [-0.2, 0) is 17.6 Å². The SMILES string of the molecule is Cc1ccc(-n2nc(C(=O)N(C)CCCC(=O)O)c3c2CCC3)c(F)c1. The number of carboxylic acid groups (broad SMARTS) is 1. The van der Waals surface area contributed by atoms with Gasteiger partial charge in [0.2, 0.25) is 0 Å². The lowest BCUT2D eigenvalue weighted by molar-refractivity contribution is -0.137. The van der Waals surface area contributed by atoms with Crippen molar-refractivity contribution in [2.45, 2.75) is 39.0 Å². The number of carboxylic acids is 1. The summed E-state index contributed by atoms with van der Waals surface area (Å²) >= 11 is 0. The molecule has 1 aromatic heterocycles. The lowest BCUT2D eigenvalue weighted by atomic mass is 10.1. The molecule has 3 rings (SSSR count). The minimum absolute atomic E-state index is 0.0126. The van der Waals surface area contributed by atoms with Crippen molar-refractivity contribution in [3.8, 4) is 5.69 Å². The summed E-state index contributed by atoms with van der Waals surface area (Å²) in [7, 11) is 1.64. The Hall–Kier alpha value is -2.70. The predicted molar refractivity (Wildman–Crippen MR) is 94.1 cm³/mol. The van der Waals surface area contributed by atoms with Gasteiger partial charge in [-0.3, -0.25) is 9.59 Å². The number of halogens is 1. The van der Waals surface area contributed by atoms with Gasteiger partial charge in [0.15, 0.2) is 5.69 Å². The number of hydrogen-bond donors (Lipinski definition) is 1. The summed E-state index contributed by atoms with van der Waals surface area (Å²) in [5.41, 5.74) is 3.27. The molecule has 0 bridgehead atoms. The van der Waals surface area contributed by atoms with E-state index in [9.17, 15) is 14.0 Å². The third-order valence-corrected chi connectivity index (χ3v) is 4.70. The van der Waals surface area contributed by atoms with E-state index in [-0.39, 0.29) is 18.1 Å². The van der Waals surface area contributed by atoms with Crippen LogP contribution in [0.1, 0.15) is 46.6 Å². The van der Waals surface area contributed by atoms with E-state index in [1.54, 1.807) is 17.8 Å². The highest BCUT2D eigenvalue weighted by atomic mass is 19.1. The van der Waals surface area contributed by atoms with Gasteiger partial charge in [0.05, 0.1) is 0 Å². The first-order valence-electron chi connectivity index (χ1n) is 8.73. The number of aromatic nitrogens is 2. The molecule has 1 amide bonds. The van der Waals surface area contributed by atoms with Crippen LogP contribution in [0.25, 0.3) is 5.69 Å². The summed E-state index contributed by atoms with van der Waals surface area (Å²) < 4.78 is 16.0. The number of aryl methyl sites for hydroxylation is 1. The Morgan fingerprint density at radius 3 is 2.81 bits per heavy atom. The van der Waals surface area contributed by atoms with E-state index in [0.717, 1.165) is 36.1 Å². The van der Waals surface area contributed by atoms with Crippen molar-refractivity contribution >= 4 is 11.9 Å². The molecular formula is C19H22FN3O3. The van der Waals surface area contributed by atoms with E-state index in [2.05, 4.69) is 5.10 Å². The highest BCUT2D eigenvalue weighted by Gasteiger charge is 2.29. The molecule has 0 aliphatic heterocycles. The number of carbonyl (C=O) groups excluding carboxylic acids is 1. The molecule has 1 aliphatic rings. The lowest BCUT2D eigenvalue weighted by Gasteiger charge is -2.15. The Balaban J connectivity index is 1.90. The number of benzene rings is 1. The molecule has 0 saturated heterocycles. The average molecular weight is 359 g/mol. The summed E-state index contributed by atoms with van der Waals surface area (Å²) in [5, 5.41) is 13.2. The first-order chi connectivity index (χ1) is 12.4. The fourth-order valence-corrected chi connectivity index (χ4v) is 3.34. The molecule has 138 valence electrons. The van der Waals surface area contributed by atoms with Crippen LogP contribution in [0.2, 0.25) is 0 Å². The Kier molecular flexibility index (Phi) is 5.06. The second-order valence-electron chi connectivity index (χ2n) is 6.72. The zero-order chi connectivity index (χ0) is 18.8. The monoisotopic (exact) mass is 359 g/mol. The van der Waals surface area contributed by atoms with E-state index in [1.807, 2.05) is 13.0 Å². The van der Waals surface area contributed by atoms with E-state index in [1.165, 1.54) is 11.0 Å². The molecule has 2 aromatic rings. The molecule has 0 fully saturated rings. The third-order valence-electron chi connectivity index (χ3n) is 4.70. The molecular weight excluding hydrogens is 337 g/mol. The van der Waals surface area contributed by atoms with Crippen LogP contribution in [0.15, 0.2) is 18.2 Å².